The Balaban J connectivity index is 1.48. The summed E-state index contributed by atoms with van der Waals surface area (Å²) in [4.78, 5) is 15.1. The van der Waals surface area contributed by atoms with E-state index in [1.54, 1.807) is 12.3 Å². The number of rotatable bonds is 5. The van der Waals surface area contributed by atoms with Gasteiger partial charge in [0.25, 0.3) is 5.91 Å². The maximum Gasteiger partial charge on any atom is 0.255 e. The molecule has 0 spiro atoms. The molecule has 4 rings (SSSR count). The van der Waals surface area contributed by atoms with E-state index in [4.69, 9.17) is 13.9 Å². The Morgan fingerprint density at radius 2 is 1.96 bits per heavy atom. The molecule has 0 radical (unpaired) electrons. The van der Waals surface area contributed by atoms with Gasteiger partial charge in [-0.05, 0) is 50.2 Å². The summed E-state index contributed by atoms with van der Waals surface area (Å²) in [5, 5.41) is 3.04. The maximum absolute atomic E-state index is 12.7. The van der Waals surface area contributed by atoms with E-state index in [1.807, 2.05) is 24.3 Å². The number of para-hydroxylation sites is 1. The van der Waals surface area contributed by atoms with E-state index in [-0.39, 0.29) is 11.9 Å². The van der Waals surface area contributed by atoms with E-state index in [0.717, 1.165) is 18.8 Å². The molecule has 6 nitrogen and oxygen atoms in total. The summed E-state index contributed by atoms with van der Waals surface area (Å²) in [5.74, 6) is 1.89. The molecule has 0 aliphatic carbocycles. The van der Waals surface area contributed by atoms with Gasteiger partial charge in [0.1, 0.15) is 19.0 Å². The van der Waals surface area contributed by atoms with Crippen LogP contribution in [0, 0.1) is 0 Å². The van der Waals surface area contributed by atoms with Crippen molar-refractivity contribution in [2.75, 3.05) is 32.8 Å². The van der Waals surface area contributed by atoms with Crippen molar-refractivity contribution >= 4 is 5.91 Å². The van der Waals surface area contributed by atoms with Gasteiger partial charge in [0, 0.05) is 6.54 Å². The van der Waals surface area contributed by atoms with Crippen LogP contribution in [0.4, 0.5) is 0 Å². The van der Waals surface area contributed by atoms with Crippen molar-refractivity contribution in [3.05, 3.63) is 47.9 Å². The molecule has 25 heavy (non-hydrogen) atoms. The van der Waals surface area contributed by atoms with E-state index in [0.29, 0.717) is 36.8 Å². The third-order valence-corrected chi connectivity index (χ3v) is 4.72. The number of furan rings is 1. The predicted molar refractivity (Wildman–Crippen MR) is 92.0 cm³/mol. The second-order valence-corrected chi connectivity index (χ2v) is 6.31. The zero-order valence-corrected chi connectivity index (χ0v) is 14.1. The van der Waals surface area contributed by atoms with Gasteiger partial charge in [0.2, 0.25) is 0 Å². The standard InChI is InChI=1S/C19H22N2O4/c22-19(14-5-3-6-17-18(14)25-12-11-24-17)20-13-15(16-7-4-10-23-16)21-8-1-2-9-21/h3-7,10,15H,1-2,8-9,11-13H2,(H,20,22)/t15-/m1/s1. The Labute approximate surface area is 146 Å². The number of amides is 1. The zero-order chi connectivity index (χ0) is 17.1. The normalized spacial score (nSPS) is 18.1. The zero-order valence-electron chi connectivity index (χ0n) is 14.1. The monoisotopic (exact) mass is 342 g/mol. The Morgan fingerprint density at radius 3 is 2.76 bits per heavy atom. The van der Waals surface area contributed by atoms with Crippen LogP contribution in [0.25, 0.3) is 0 Å². The smallest absolute Gasteiger partial charge is 0.255 e. The first-order valence-electron chi connectivity index (χ1n) is 8.77. The summed E-state index contributed by atoms with van der Waals surface area (Å²) in [6, 6.07) is 9.31. The molecule has 6 heteroatoms. The first kappa shape index (κ1) is 16.0. The van der Waals surface area contributed by atoms with Gasteiger partial charge in [-0.2, -0.15) is 0 Å². The fourth-order valence-corrected chi connectivity index (χ4v) is 3.48. The molecular weight excluding hydrogens is 320 g/mol. The summed E-state index contributed by atoms with van der Waals surface area (Å²) >= 11 is 0. The summed E-state index contributed by atoms with van der Waals surface area (Å²) < 4.78 is 16.8. The lowest BCUT2D eigenvalue weighted by atomic mass is 10.1. The molecule has 3 heterocycles. The molecule has 0 unspecified atom stereocenters. The number of ether oxygens (including phenoxy) is 2. The van der Waals surface area contributed by atoms with E-state index in [2.05, 4.69) is 10.2 Å². The van der Waals surface area contributed by atoms with E-state index < -0.39 is 0 Å². The molecule has 1 atom stereocenters. The van der Waals surface area contributed by atoms with E-state index in [9.17, 15) is 4.79 Å². The largest absolute Gasteiger partial charge is 0.486 e. The number of likely N-dealkylation sites (tertiary alicyclic amines) is 1. The predicted octanol–water partition coefficient (Wildman–Crippen LogP) is 2.62. The van der Waals surface area contributed by atoms with Crippen molar-refractivity contribution in [2.24, 2.45) is 0 Å². The van der Waals surface area contributed by atoms with Gasteiger partial charge in [-0.25, -0.2) is 0 Å². The minimum Gasteiger partial charge on any atom is -0.486 e. The first-order valence-corrected chi connectivity index (χ1v) is 8.77. The molecule has 1 saturated heterocycles. The van der Waals surface area contributed by atoms with Gasteiger partial charge in [-0.1, -0.05) is 6.07 Å². The van der Waals surface area contributed by atoms with Gasteiger partial charge in [-0.15, -0.1) is 0 Å². The number of carbonyl (C=O) groups is 1. The third kappa shape index (κ3) is 3.35. The van der Waals surface area contributed by atoms with E-state index >= 15 is 0 Å². The molecule has 1 amide bonds. The van der Waals surface area contributed by atoms with Gasteiger partial charge in [0.05, 0.1) is 17.9 Å². The number of nitrogens with one attached hydrogen (secondary N) is 1. The van der Waals surface area contributed by atoms with Crippen LogP contribution < -0.4 is 14.8 Å². The fraction of sp³-hybridized carbons (Fsp3) is 0.421. The first-order chi connectivity index (χ1) is 12.3. The van der Waals surface area contributed by atoms with E-state index in [1.165, 1.54) is 12.8 Å². The SMILES string of the molecule is O=C(NC[C@H](c1ccco1)N1CCCC1)c1cccc2c1OCCO2. The Hall–Kier alpha value is -2.47. The Kier molecular flexibility index (Phi) is 4.61. The lowest BCUT2D eigenvalue weighted by Gasteiger charge is -2.26. The second kappa shape index (κ2) is 7.19. The van der Waals surface area contributed by atoms with Crippen LogP contribution in [0.1, 0.15) is 35.0 Å². The van der Waals surface area contributed by atoms with Gasteiger partial charge >= 0.3 is 0 Å². The summed E-state index contributed by atoms with van der Waals surface area (Å²) in [5.41, 5.74) is 0.511. The quantitative estimate of drug-likeness (QED) is 0.905. The highest BCUT2D eigenvalue weighted by Gasteiger charge is 2.27. The molecule has 0 saturated carbocycles. The molecule has 0 bridgehead atoms. The molecule has 2 aliphatic heterocycles. The van der Waals surface area contributed by atoms with Gasteiger partial charge < -0.3 is 19.2 Å². The molecule has 1 aromatic carbocycles. The van der Waals surface area contributed by atoms with Crippen molar-refractivity contribution in [1.29, 1.82) is 0 Å². The molecular formula is C19H22N2O4. The second-order valence-electron chi connectivity index (χ2n) is 6.31. The van der Waals surface area contributed by atoms with Crippen LogP contribution >= 0.6 is 0 Å². The molecule has 2 aliphatic rings. The van der Waals surface area contributed by atoms with Crippen LogP contribution in [0.2, 0.25) is 0 Å². The van der Waals surface area contributed by atoms with Crippen LogP contribution in [-0.2, 0) is 0 Å². The molecule has 2 aromatic rings. The minimum atomic E-state index is -0.155. The van der Waals surface area contributed by atoms with Crippen LogP contribution in [-0.4, -0.2) is 43.7 Å². The third-order valence-electron chi connectivity index (χ3n) is 4.72. The number of hydrogen-bond donors (Lipinski definition) is 1. The Bertz CT molecular complexity index is 723. The molecule has 1 aromatic heterocycles. The van der Waals surface area contributed by atoms with Gasteiger partial charge in [-0.3, -0.25) is 9.69 Å². The highest BCUT2D eigenvalue weighted by Crippen LogP contribution is 2.33. The number of carbonyl (C=O) groups excluding carboxylic acids is 1. The van der Waals surface area contributed by atoms with Gasteiger partial charge in [0.15, 0.2) is 11.5 Å². The lowest BCUT2D eigenvalue weighted by molar-refractivity contribution is 0.0923. The summed E-state index contributed by atoms with van der Waals surface area (Å²) in [6.07, 6.45) is 4.05. The fourth-order valence-electron chi connectivity index (χ4n) is 3.48. The molecule has 1 fully saturated rings. The topological polar surface area (TPSA) is 63.9 Å². The maximum atomic E-state index is 12.7. The van der Waals surface area contributed by atoms with Crippen LogP contribution in [0.15, 0.2) is 41.0 Å². The Morgan fingerprint density at radius 1 is 1.12 bits per heavy atom. The highest BCUT2D eigenvalue weighted by molar-refractivity contribution is 5.97. The van der Waals surface area contributed by atoms with Crippen molar-refractivity contribution in [1.82, 2.24) is 10.2 Å². The van der Waals surface area contributed by atoms with Crippen molar-refractivity contribution in [3.63, 3.8) is 0 Å². The van der Waals surface area contributed by atoms with Crippen LogP contribution in [0.5, 0.6) is 11.5 Å². The number of benzene rings is 1. The number of hydrogen-bond acceptors (Lipinski definition) is 5. The number of fused-ring (bicyclic) bond motifs is 1. The lowest BCUT2D eigenvalue weighted by Crippen LogP contribution is -2.37. The highest BCUT2D eigenvalue weighted by atomic mass is 16.6. The minimum absolute atomic E-state index is 0.0538. The molecule has 132 valence electrons. The number of nitrogens with zero attached hydrogens (tertiary/aromatic N) is 1. The molecule has 1 N–H and O–H groups in total. The van der Waals surface area contributed by atoms with Crippen molar-refractivity contribution in [2.45, 2.75) is 18.9 Å². The van der Waals surface area contributed by atoms with Crippen molar-refractivity contribution < 1.29 is 18.7 Å². The van der Waals surface area contributed by atoms with Crippen LogP contribution in [0.3, 0.4) is 0 Å². The summed E-state index contributed by atoms with van der Waals surface area (Å²) in [7, 11) is 0. The van der Waals surface area contributed by atoms with Crippen molar-refractivity contribution in [3.8, 4) is 11.5 Å². The average Bonchev–Trinajstić information content (AvgIpc) is 3.36. The average molecular weight is 342 g/mol. The summed E-state index contributed by atoms with van der Waals surface area (Å²) in [6.45, 7) is 3.52.